The number of thiophene rings is 1. The van der Waals surface area contributed by atoms with Crippen LogP contribution in [0.5, 0.6) is 0 Å². The maximum absolute atomic E-state index is 5.28. The lowest BCUT2D eigenvalue weighted by Crippen LogP contribution is -2.23. The molecule has 0 radical (unpaired) electrons. The van der Waals surface area contributed by atoms with Crippen LogP contribution in [0.15, 0.2) is 78.9 Å². The van der Waals surface area contributed by atoms with Crippen LogP contribution in [0.3, 0.4) is 0 Å². The fourth-order valence-electron chi connectivity index (χ4n) is 5.09. The van der Waals surface area contributed by atoms with E-state index in [4.69, 9.17) is 15.0 Å². The molecule has 0 spiro atoms. The standard InChI is InChI=1S/C34H31N3S/c1-20-10-13-24(14-11-20)28-16-21(2)18-30(36-28)34(5,6)31-19-22(3)17-29(37-31)27-9-7-8-25-26-15-12-23(4)35-33(26)38-32(25)27/h7-19H,1-6H3. The zero-order valence-corrected chi connectivity index (χ0v) is 23.6. The highest BCUT2D eigenvalue weighted by molar-refractivity contribution is 7.26. The summed E-state index contributed by atoms with van der Waals surface area (Å²) in [7, 11) is 0. The number of benzene rings is 2. The molecule has 0 saturated carbocycles. The van der Waals surface area contributed by atoms with Gasteiger partial charge in [-0.2, -0.15) is 0 Å². The average Bonchev–Trinajstić information content (AvgIpc) is 3.26. The van der Waals surface area contributed by atoms with Gasteiger partial charge in [-0.05, 0) is 89.1 Å². The first-order chi connectivity index (χ1) is 18.2. The van der Waals surface area contributed by atoms with Gasteiger partial charge in [0.1, 0.15) is 4.83 Å². The van der Waals surface area contributed by atoms with Crippen molar-refractivity contribution in [3.05, 3.63) is 113 Å². The van der Waals surface area contributed by atoms with Crippen molar-refractivity contribution in [1.29, 1.82) is 0 Å². The molecule has 0 saturated heterocycles. The van der Waals surface area contributed by atoms with Crippen LogP contribution in [0, 0.1) is 27.7 Å². The van der Waals surface area contributed by atoms with Crippen LogP contribution < -0.4 is 0 Å². The molecule has 4 heterocycles. The lowest BCUT2D eigenvalue weighted by atomic mass is 9.83. The zero-order chi connectivity index (χ0) is 26.6. The molecule has 0 aliphatic carbocycles. The summed E-state index contributed by atoms with van der Waals surface area (Å²) in [4.78, 5) is 16.3. The van der Waals surface area contributed by atoms with Gasteiger partial charge in [-0.3, -0.25) is 9.97 Å². The number of hydrogen-bond acceptors (Lipinski definition) is 4. The summed E-state index contributed by atoms with van der Waals surface area (Å²) in [5, 5.41) is 2.44. The van der Waals surface area contributed by atoms with E-state index in [-0.39, 0.29) is 5.41 Å². The molecule has 6 rings (SSSR count). The minimum absolute atomic E-state index is 0.376. The van der Waals surface area contributed by atoms with Gasteiger partial charge in [0.05, 0.1) is 22.8 Å². The fourth-order valence-corrected chi connectivity index (χ4v) is 6.33. The van der Waals surface area contributed by atoms with Gasteiger partial charge in [0.15, 0.2) is 0 Å². The third-order valence-electron chi connectivity index (χ3n) is 7.35. The second kappa shape index (κ2) is 9.14. The van der Waals surface area contributed by atoms with E-state index in [0.29, 0.717) is 0 Å². The van der Waals surface area contributed by atoms with Gasteiger partial charge in [-0.1, -0.05) is 48.0 Å². The van der Waals surface area contributed by atoms with Crippen molar-refractivity contribution in [1.82, 2.24) is 15.0 Å². The molecule has 4 heteroatoms. The van der Waals surface area contributed by atoms with Gasteiger partial charge >= 0.3 is 0 Å². The summed E-state index contributed by atoms with van der Waals surface area (Å²) in [6.07, 6.45) is 0. The highest BCUT2D eigenvalue weighted by Crippen LogP contribution is 2.40. The van der Waals surface area contributed by atoms with Crippen LogP contribution in [-0.4, -0.2) is 15.0 Å². The molecule has 0 aliphatic rings. The van der Waals surface area contributed by atoms with Crippen LogP contribution in [0.2, 0.25) is 0 Å². The van der Waals surface area contributed by atoms with Crippen molar-refractivity contribution in [2.45, 2.75) is 47.0 Å². The Morgan fingerprint density at radius 2 is 1.26 bits per heavy atom. The SMILES string of the molecule is Cc1ccc(-c2cc(C)cc(C(C)(C)c3cc(C)cc(-c4cccc5c4sc4nc(C)ccc45)n3)n2)cc1. The molecule has 6 aromatic rings. The molecule has 0 atom stereocenters. The van der Waals surface area contributed by atoms with Crippen molar-refractivity contribution < 1.29 is 0 Å². The second-order valence-electron chi connectivity index (χ2n) is 10.9. The topological polar surface area (TPSA) is 38.7 Å². The Morgan fingerprint density at radius 3 is 1.97 bits per heavy atom. The van der Waals surface area contributed by atoms with E-state index in [1.807, 2.05) is 6.92 Å². The Kier molecular flexibility index (Phi) is 5.88. The largest absolute Gasteiger partial charge is 0.252 e. The van der Waals surface area contributed by atoms with Gasteiger partial charge in [-0.25, -0.2) is 4.98 Å². The maximum Gasteiger partial charge on any atom is 0.124 e. The lowest BCUT2D eigenvalue weighted by molar-refractivity contribution is 0.595. The Hall–Kier alpha value is -3.89. The smallest absolute Gasteiger partial charge is 0.124 e. The third kappa shape index (κ3) is 4.29. The van der Waals surface area contributed by atoms with E-state index in [1.165, 1.54) is 32.2 Å². The van der Waals surface area contributed by atoms with Crippen molar-refractivity contribution in [2.75, 3.05) is 0 Å². The average molecular weight is 514 g/mol. The Bertz CT molecular complexity index is 1830. The number of nitrogens with zero attached hydrogens (tertiary/aromatic N) is 3. The quantitative estimate of drug-likeness (QED) is 0.236. The normalized spacial score (nSPS) is 11.9. The van der Waals surface area contributed by atoms with Crippen LogP contribution in [0.4, 0.5) is 0 Å². The van der Waals surface area contributed by atoms with Crippen molar-refractivity contribution in [3.8, 4) is 22.5 Å². The molecular weight excluding hydrogens is 482 g/mol. The monoisotopic (exact) mass is 513 g/mol. The number of aryl methyl sites for hydroxylation is 4. The van der Waals surface area contributed by atoms with E-state index < -0.39 is 0 Å². The van der Waals surface area contributed by atoms with Gasteiger partial charge in [-0.15, -0.1) is 11.3 Å². The summed E-state index contributed by atoms with van der Waals surface area (Å²) in [6.45, 7) is 12.9. The van der Waals surface area contributed by atoms with E-state index >= 15 is 0 Å². The minimum atomic E-state index is -0.376. The predicted octanol–water partition coefficient (Wildman–Crippen LogP) is 9.13. The summed E-state index contributed by atoms with van der Waals surface area (Å²) in [5.41, 5.74) is 10.6. The molecule has 4 aromatic heterocycles. The number of rotatable bonds is 4. The van der Waals surface area contributed by atoms with Crippen LogP contribution >= 0.6 is 11.3 Å². The van der Waals surface area contributed by atoms with Crippen LogP contribution in [0.1, 0.15) is 47.6 Å². The third-order valence-corrected chi connectivity index (χ3v) is 8.50. The number of aromatic nitrogens is 3. The lowest BCUT2D eigenvalue weighted by Gasteiger charge is -2.26. The molecule has 188 valence electrons. The molecule has 0 bridgehead atoms. The highest BCUT2D eigenvalue weighted by Gasteiger charge is 2.28. The number of pyridine rings is 3. The molecule has 38 heavy (non-hydrogen) atoms. The predicted molar refractivity (Wildman–Crippen MR) is 161 cm³/mol. The van der Waals surface area contributed by atoms with Crippen LogP contribution in [0.25, 0.3) is 42.8 Å². The number of fused-ring (bicyclic) bond motifs is 3. The molecule has 0 amide bonds. The maximum atomic E-state index is 5.28. The van der Waals surface area contributed by atoms with Gasteiger partial charge in [0.2, 0.25) is 0 Å². The minimum Gasteiger partial charge on any atom is -0.252 e. The van der Waals surface area contributed by atoms with Crippen molar-refractivity contribution in [3.63, 3.8) is 0 Å². The van der Waals surface area contributed by atoms with E-state index in [1.54, 1.807) is 11.3 Å². The van der Waals surface area contributed by atoms with E-state index in [9.17, 15) is 0 Å². The van der Waals surface area contributed by atoms with E-state index in [2.05, 4.69) is 113 Å². The summed E-state index contributed by atoms with van der Waals surface area (Å²) in [5.74, 6) is 0. The molecule has 0 unspecified atom stereocenters. The second-order valence-corrected chi connectivity index (χ2v) is 11.9. The molecule has 2 aromatic carbocycles. The summed E-state index contributed by atoms with van der Waals surface area (Å²) in [6, 6.07) is 28.1. The van der Waals surface area contributed by atoms with Crippen molar-refractivity contribution in [2.24, 2.45) is 0 Å². The molecule has 0 fully saturated rings. The fraction of sp³-hybridized carbons (Fsp3) is 0.206. The van der Waals surface area contributed by atoms with Gasteiger partial charge in [0, 0.05) is 37.7 Å². The summed E-state index contributed by atoms with van der Waals surface area (Å²) >= 11 is 1.75. The van der Waals surface area contributed by atoms with Gasteiger partial charge in [0.25, 0.3) is 0 Å². The first-order valence-electron chi connectivity index (χ1n) is 13.0. The first kappa shape index (κ1) is 24.4. The first-order valence-corrected chi connectivity index (χ1v) is 13.9. The Labute approximate surface area is 228 Å². The number of hydrogen-bond donors (Lipinski definition) is 0. The Morgan fingerprint density at radius 1 is 0.605 bits per heavy atom. The van der Waals surface area contributed by atoms with E-state index in [0.717, 1.165) is 44.4 Å². The van der Waals surface area contributed by atoms with Crippen molar-refractivity contribution >= 4 is 31.6 Å². The highest BCUT2D eigenvalue weighted by atomic mass is 32.1. The summed E-state index contributed by atoms with van der Waals surface area (Å²) < 4.78 is 1.23. The van der Waals surface area contributed by atoms with Gasteiger partial charge < -0.3 is 0 Å². The zero-order valence-electron chi connectivity index (χ0n) is 22.8. The molecule has 0 aliphatic heterocycles. The molecule has 0 N–H and O–H groups in total. The van der Waals surface area contributed by atoms with Crippen LogP contribution in [-0.2, 0) is 5.41 Å². The Balaban J connectivity index is 1.48. The molecular formula is C34H31N3S. The molecule has 3 nitrogen and oxygen atoms in total.